The van der Waals surface area contributed by atoms with E-state index < -0.39 is 0 Å². The fourth-order valence-electron chi connectivity index (χ4n) is 3.07. The average Bonchev–Trinajstić information content (AvgIpc) is 2.55. The lowest BCUT2D eigenvalue weighted by Gasteiger charge is -2.32. The fraction of sp³-hybridized carbons (Fsp3) is 0.611. The van der Waals surface area contributed by atoms with E-state index in [1.807, 2.05) is 12.1 Å². The highest BCUT2D eigenvalue weighted by Crippen LogP contribution is 2.19. The number of rotatable bonds is 6. The van der Waals surface area contributed by atoms with Crippen LogP contribution >= 0.6 is 0 Å². The molecule has 1 aliphatic rings. The van der Waals surface area contributed by atoms with Gasteiger partial charge in [0.1, 0.15) is 5.82 Å². The molecule has 2 rings (SSSR count). The van der Waals surface area contributed by atoms with E-state index in [0.29, 0.717) is 6.04 Å². The van der Waals surface area contributed by atoms with Gasteiger partial charge in [0, 0.05) is 19.1 Å². The summed E-state index contributed by atoms with van der Waals surface area (Å²) in [5.74, 6) is 0.0668. The van der Waals surface area contributed by atoms with Crippen molar-refractivity contribution >= 4 is 5.91 Å². The van der Waals surface area contributed by atoms with Crippen LogP contribution in [0.5, 0.6) is 0 Å². The normalized spacial score (nSPS) is 19.4. The highest BCUT2D eigenvalue weighted by molar-refractivity contribution is 5.79. The molecule has 3 nitrogen and oxygen atoms in total. The molecular formula is C18H27FN2O. The Kier molecular flexibility index (Phi) is 6.37. The highest BCUT2D eigenvalue weighted by Gasteiger charge is 2.26. The van der Waals surface area contributed by atoms with E-state index in [1.54, 1.807) is 0 Å². The van der Waals surface area contributed by atoms with Crippen molar-refractivity contribution in [2.24, 2.45) is 5.92 Å². The summed E-state index contributed by atoms with van der Waals surface area (Å²) in [7, 11) is 0. The smallest absolute Gasteiger partial charge is 0.224 e. The number of likely N-dealkylation sites (tertiary alicyclic amines) is 1. The van der Waals surface area contributed by atoms with Crippen molar-refractivity contribution in [1.29, 1.82) is 0 Å². The second-order valence-electron chi connectivity index (χ2n) is 6.22. The Morgan fingerprint density at radius 2 is 2.00 bits per heavy atom. The number of piperidine rings is 1. The van der Waals surface area contributed by atoms with Gasteiger partial charge in [-0.05, 0) is 49.9 Å². The number of benzene rings is 1. The van der Waals surface area contributed by atoms with Crippen molar-refractivity contribution in [3.63, 3.8) is 0 Å². The van der Waals surface area contributed by atoms with Gasteiger partial charge in [0.25, 0.3) is 0 Å². The maximum Gasteiger partial charge on any atom is 0.224 e. The highest BCUT2D eigenvalue weighted by atomic mass is 19.1. The fourth-order valence-corrected chi connectivity index (χ4v) is 3.07. The molecule has 1 N–H and O–H groups in total. The van der Waals surface area contributed by atoms with Crippen molar-refractivity contribution in [2.45, 2.75) is 52.1 Å². The zero-order chi connectivity index (χ0) is 15.9. The molecule has 0 radical (unpaired) electrons. The molecule has 1 unspecified atom stereocenters. The topological polar surface area (TPSA) is 32.3 Å². The summed E-state index contributed by atoms with van der Waals surface area (Å²) in [5.41, 5.74) is 1.10. The van der Waals surface area contributed by atoms with Gasteiger partial charge < -0.3 is 5.32 Å². The molecule has 0 aliphatic carbocycles. The van der Waals surface area contributed by atoms with Gasteiger partial charge in [-0.15, -0.1) is 0 Å². The van der Waals surface area contributed by atoms with E-state index in [4.69, 9.17) is 0 Å². The van der Waals surface area contributed by atoms with Crippen molar-refractivity contribution in [3.05, 3.63) is 35.6 Å². The third-order valence-electron chi connectivity index (χ3n) is 4.53. The molecule has 1 aromatic rings. The van der Waals surface area contributed by atoms with Crippen LogP contribution in [-0.2, 0) is 11.3 Å². The standard InChI is InChI=1S/C18H27FN2O/c1-3-17(4-2)20-18(22)15-6-5-11-21(13-15)12-14-7-9-16(19)10-8-14/h7-10,15,17H,3-6,11-13H2,1-2H3,(H,20,22). The third kappa shape index (κ3) is 4.80. The van der Waals surface area contributed by atoms with E-state index in [1.165, 1.54) is 12.1 Å². The van der Waals surface area contributed by atoms with Crippen LogP contribution in [0.15, 0.2) is 24.3 Å². The van der Waals surface area contributed by atoms with Gasteiger partial charge in [-0.3, -0.25) is 9.69 Å². The average molecular weight is 306 g/mol. The van der Waals surface area contributed by atoms with Crippen molar-refractivity contribution in [1.82, 2.24) is 10.2 Å². The van der Waals surface area contributed by atoms with Gasteiger partial charge >= 0.3 is 0 Å². The van der Waals surface area contributed by atoms with Gasteiger partial charge in [0.2, 0.25) is 5.91 Å². The molecule has 1 saturated heterocycles. The van der Waals surface area contributed by atoms with Crippen molar-refractivity contribution in [3.8, 4) is 0 Å². The first-order chi connectivity index (χ1) is 10.6. The maximum atomic E-state index is 13.0. The summed E-state index contributed by atoms with van der Waals surface area (Å²) in [6, 6.07) is 6.93. The number of carbonyl (C=O) groups is 1. The molecule has 122 valence electrons. The van der Waals surface area contributed by atoms with E-state index in [-0.39, 0.29) is 17.6 Å². The molecule has 0 bridgehead atoms. The number of nitrogens with zero attached hydrogens (tertiary/aromatic N) is 1. The monoisotopic (exact) mass is 306 g/mol. The largest absolute Gasteiger partial charge is 0.353 e. The van der Waals surface area contributed by atoms with Crippen LogP contribution in [-0.4, -0.2) is 29.9 Å². The van der Waals surface area contributed by atoms with E-state index >= 15 is 0 Å². The number of carbonyl (C=O) groups excluding carboxylic acids is 1. The lowest BCUT2D eigenvalue weighted by molar-refractivity contribution is -0.127. The van der Waals surface area contributed by atoms with Gasteiger partial charge in [0.05, 0.1) is 5.92 Å². The number of amides is 1. The minimum atomic E-state index is -0.204. The summed E-state index contributed by atoms with van der Waals surface area (Å²) < 4.78 is 13.0. The van der Waals surface area contributed by atoms with Crippen LogP contribution in [0.1, 0.15) is 45.1 Å². The lowest BCUT2D eigenvalue weighted by Crippen LogP contribution is -2.45. The molecule has 1 heterocycles. The molecule has 22 heavy (non-hydrogen) atoms. The first-order valence-electron chi connectivity index (χ1n) is 8.39. The van der Waals surface area contributed by atoms with Crippen LogP contribution in [0.2, 0.25) is 0 Å². The minimum Gasteiger partial charge on any atom is -0.353 e. The zero-order valence-corrected chi connectivity index (χ0v) is 13.6. The van der Waals surface area contributed by atoms with Crippen molar-refractivity contribution < 1.29 is 9.18 Å². The Hall–Kier alpha value is -1.42. The van der Waals surface area contributed by atoms with Gasteiger partial charge in [-0.2, -0.15) is 0 Å². The van der Waals surface area contributed by atoms with Crippen LogP contribution in [0.4, 0.5) is 4.39 Å². The number of nitrogens with one attached hydrogen (secondary N) is 1. The molecule has 1 fully saturated rings. The van der Waals surface area contributed by atoms with Gasteiger partial charge in [0.15, 0.2) is 0 Å². The first-order valence-corrected chi connectivity index (χ1v) is 8.39. The molecule has 1 amide bonds. The molecule has 1 aliphatic heterocycles. The molecule has 0 aromatic heterocycles. The van der Waals surface area contributed by atoms with Crippen molar-refractivity contribution in [2.75, 3.05) is 13.1 Å². The summed E-state index contributed by atoms with van der Waals surface area (Å²) in [5, 5.41) is 3.16. The second kappa shape index (κ2) is 8.28. The summed E-state index contributed by atoms with van der Waals surface area (Å²) in [6.07, 6.45) is 3.97. The van der Waals surface area contributed by atoms with E-state index in [9.17, 15) is 9.18 Å². The number of hydrogen-bond donors (Lipinski definition) is 1. The molecule has 4 heteroatoms. The van der Waals surface area contributed by atoms with Gasteiger partial charge in [-0.1, -0.05) is 26.0 Å². The van der Waals surface area contributed by atoms with Crippen LogP contribution in [0, 0.1) is 11.7 Å². The lowest BCUT2D eigenvalue weighted by atomic mass is 9.96. The molecule has 0 spiro atoms. The zero-order valence-electron chi connectivity index (χ0n) is 13.6. The predicted octanol–water partition coefficient (Wildman–Crippen LogP) is 3.34. The van der Waals surface area contributed by atoms with E-state index in [0.717, 1.165) is 50.9 Å². The Balaban J connectivity index is 1.88. The Labute approximate surface area is 132 Å². The molecule has 1 aromatic carbocycles. The second-order valence-corrected chi connectivity index (χ2v) is 6.22. The minimum absolute atomic E-state index is 0.0785. The molecular weight excluding hydrogens is 279 g/mol. The van der Waals surface area contributed by atoms with Crippen LogP contribution < -0.4 is 5.32 Å². The summed E-state index contributed by atoms with van der Waals surface area (Å²) in [6.45, 7) is 6.80. The third-order valence-corrected chi connectivity index (χ3v) is 4.53. The Morgan fingerprint density at radius 3 is 2.64 bits per heavy atom. The predicted molar refractivity (Wildman–Crippen MR) is 86.9 cm³/mol. The van der Waals surface area contributed by atoms with Crippen LogP contribution in [0.25, 0.3) is 0 Å². The molecule has 1 atom stereocenters. The Morgan fingerprint density at radius 1 is 1.32 bits per heavy atom. The number of hydrogen-bond acceptors (Lipinski definition) is 2. The van der Waals surface area contributed by atoms with E-state index in [2.05, 4.69) is 24.1 Å². The van der Waals surface area contributed by atoms with Gasteiger partial charge in [-0.25, -0.2) is 4.39 Å². The SMILES string of the molecule is CCC(CC)NC(=O)C1CCCN(Cc2ccc(F)cc2)C1. The quantitative estimate of drug-likeness (QED) is 0.874. The number of halogens is 1. The Bertz CT molecular complexity index is 470. The van der Waals surface area contributed by atoms with Crippen LogP contribution in [0.3, 0.4) is 0 Å². The summed E-state index contributed by atoms with van der Waals surface area (Å²) in [4.78, 5) is 14.7. The molecule has 0 saturated carbocycles. The summed E-state index contributed by atoms with van der Waals surface area (Å²) >= 11 is 0. The first kappa shape index (κ1) is 16.9. The maximum absolute atomic E-state index is 13.0.